The van der Waals surface area contributed by atoms with Gasteiger partial charge in [0.15, 0.2) is 0 Å². The number of aromatic nitrogens is 1. The van der Waals surface area contributed by atoms with Crippen LogP contribution < -0.4 is 5.32 Å². The van der Waals surface area contributed by atoms with Gasteiger partial charge in [0, 0.05) is 36.2 Å². The smallest absolute Gasteiger partial charge is 0.107 e. The fourth-order valence-corrected chi connectivity index (χ4v) is 3.22. The minimum atomic E-state index is 0.618. The highest BCUT2D eigenvalue weighted by Gasteiger charge is 2.24. The third kappa shape index (κ3) is 3.50. The van der Waals surface area contributed by atoms with Crippen molar-refractivity contribution in [3.8, 4) is 0 Å². The quantitative estimate of drug-likeness (QED) is 0.893. The maximum Gasteiger partial charge on any atom is 0.107 e. The zero-order valence-electron chi connectivity index (χ0n) is 11.1. The Bertz CT molecular complexity index is 350. The highest BCUT2D eigenvalue weighted by Crippen LogP contribution is 2.18. The molecular formula is C13H23N3S. The van der Waals surface area contributed by atoms with E-state index in [0.29, 0.717) is 12.1 Å². The standard InChI is InChI=1S/C13H23N3S/c1-4-5-12-8-16(10(2)6-14-12)9-13-15-7-11(3)17-13/h7,10,12,14H,4-6,8-9H2,1-3H3. The summed E-state index contributed by atoms with van der Waals surface area (Å²) in [7, 11) is 0. The molecule has 1 fully saturated rings. The predicted molar refractivity (Wildman–Crippen MR) is 73.4 cm³/mol. The summed E-state index contributed by atoms with van der Waals surface area (Å²) < 4.78 is 0. The first kappa shape index (κ1) is 13.0. The van der Waals surface area contributed by atoms with Crippen LogP contribution >= 0.6 is 11.3 Å². The van der Waals surface area contributed by atoms with Crippen LogP contribution in [-0.2, 0) is 6.54 Å². The molecule has 0 bridgehead atoms. The van der Waals surface area contributed by atoms with E-state index >= 15 is 0 Å². The van der Waals surface area contributed by atoms with Gasteiger partial charge in [-0.15, -0.1) is 11.3 Å². The van der Waals surface area contributed by atoms with Gasteiger partial charge in [0.1, 0.15) is 5.01 Å². The lowest BCUT2D eigenvalue weighted by Crippen LogP contribution is -2.54. The van der Waals surface area contributed by atoms with Gasteiger partial charge in [0.25, 0.3) is 0 Å². The van der Waals surface area contributed by atoms with Crippen molar-refractivity contribution in [3.05, 3.63) is 16.1 Å². The molecule has 0 aliphatic carbocycles. The normalized spacial score (nSPS) is 26.3. The molecule has 96 valence electrons. The molecule has 2 unspecified atom stereocenters. The highest BCUT2D eigenvalue weighted by atomic mass is 32.1. The number of aryl methyl sites for hydroxylation is 1. The second-order valence-electron chi connectivity index (χ2n) is 5.04. The van der Waals surface area contributed by atoms with Crippen molar-refractivity contribution in [2.24, 2.45) is 0 Å². The molecule has 4 heteroatoms. The molecule has 0 aromatic carbocycles. The largest absolute Gasteiger partial charge is 0.311 e. The van der Waals surface area contributed by atoms with Gasteiger partial charge >= 0.3 is 0 Å². The first-order valence-corrected chi connectivity index (χ1v) is 7.39. The molecule has 2 atom stereocenters. The number of hydrogen-bond acceptors (Lipinski definition) is 4. The second kappa shape index (κ2) is 5.94. The fourth-order valence-electron chi connectivity index (χ4n) is 2.40. The third-order valence-corrected chi connectivity index (χ3v) is 4.32. The maximum absolute atomic E-state index is 4.47. The molecule has 1 aromatic rings. The number of hydrogen-bond donors (Lipinski definition) is 1. The van der Waals surface area contributed by atoms with Gasteiger partial charge in [-0.05, 0) is 20.3 Å². The van der Waals surface area contributed by atoms with E-state index in [9.17, 15) is 0 Å². The van der Waals surface area contributed by atoms with Gasteiger partial charge in [-0.2, -0.15) is 0 Å². The van der Waals surface area contributed by atoms with E-state index in [1.807, 2.05) is 17.5 Å². The van der Waals surface area contributed by atoms with E-state index in [-0.39, 0.29) is 0 Å². The van der Waals surface area contributed by atoms with Crippen molar-refractivity contribution in [3.63, 3.8) is 0 Å². The van der Waals surface area contributed by atoms with Crippen LogP contribution in [0, 0.1) is 6.92 Å². The van der Waals surface area contributed by atoms with Crippen LogP contribution in [0.2, 0.25) is 0 Å². The van der Waals surface area contributed by atoms with Crippen LogP contribution in [0.1, 0.15) is 36.6 Å². The summed E-state index contributed by atoms with van der Waals surface area (Å²) in [6, 6.07) is 1.28. The SMILES string of the molecule is CCCC1CN(Cc2ncc(C)s2)C(C)CN1. The number of nitrogens with one attached hydrogen (secondary N) is 1. The lowest BCUT2D eigenvalue weighted by atomic mass is 10.1. The van der Waals surface area contributed by atoms with Gasteiger partial charge in [-0.1, -0.05) is 13.3 Å². The zero-order valence-corrected chi connectivity index (χ0v) is 11.9. The van der Waals surface area contributed by atoms with E-state index in [1.54, 1.807) is 0 Å². The summed E-state index contributed by atoms with van der Waals surface area (Å²) in [5, 5.41) is 4.89. The third-order valence-electron chi connectivity index (χ3n) is 3.42. The lowest BCUT2D eigenvalue weighted by molar-refractivity contribution is 0.129. The molecule has 0 saturated carbocycles. The maximum atomic E-state index is 4.47. The van der Waals surface area contributed by atoms with E-state index < -0.39 is 0 Å². The summed E-state index contributed by atoms with van der Waals surface area (Å²) in [5.41, 5.74) is 0. The molecule has 2 heterocycles. The summed E-state index contributed by atoms with van der Waals surface area (Å²) in [6.07, 6.45) is 4.52. The van der Waals surface area contributed by atoms with E-state index in [1.165, 1.54) is 22.7 Å². The van der Waals surface area contributed by atoms with Gasteiger partial charge in [-0.25, -0.2) is 4.98 Å². The Balaban J connectivity index is 1.93. The average molecular weight is 253 g/mol. The van der Waals surface area contributed by atoms with Gasteiger partial charge in [0.05, 0.1) is 6.54 Å². The van der Waals surface area contributed by atoms with Crippen molar-refractivity contribution in [1.82, 2.24) is 15.2 Å². The van der Waals surface area contributed by atoms with Crippen molar-refractivity contribution >= 4 is 11.3 Å². The number of piperazine rings is 1. The van der Waals surface area contributed by atoms with Crippen molar-refractivity contribution < 1.29 is 0 Å². The minimum absolute atomic E-state index is 0.618. The number of thiazole rings is 1. The molecule has 1 aliphatic heterocycles. The molecule has 1 aromatic heterocycles. The Labute approximate surface area is 108 Å². The molecule has 1 aliphatic rings. The van der Waals surface area contributed by atoms with Gasteiger partial charge < -0.3 is 5.32 Å². The van der Waals surface area contributed by atoms with Crippen LogP contribution in [-0.4, -0.2) is 35.1 Å². The number of nitrogens with zero attached hydrogens (tertiary/aromatic N) is 2. The van der Waals surface area contributed by atoms with Crippen LogP contribution in [0.3, 0.4) is 0 Å². The average Bonchev–Trinajstić information content (AvgIpc) is 2.69. The van der Waals surface area contributed by atoms with Gasteiger partial charge in [0.2, 0.25) is 0 Å². The lowest BCUT2D eigenvalue weighted by Gasteiger charge is -2.38. The summed E-state index contributed by atoms with van der Waals surface area (Å²) in [4.78, 5) is 8.35. The minimum Gasteiger partial charge on any atom is -0.311 e. The van der Waals surface area contributed by atoms with E-state index in [0.717, 1.165) is 19.6 Å². The first-order chi connectivity index (χ1) is 8.19. The van der Waals surface area contributed by atoms with Crippen LogP contribution in [0.4, 0.5) is 0 Å². The molecule has 0 spiro atoms. The first-order valence-electron chi connectivity index (χ1n) is 6.57. The molecule has 0 radical (unpaired) electrons. The van der Waals surface area contributed by atoms with Crippen LogP contribution in [0.5, 0.6) is 0 Å². The van der Waals surface area contributed by atoms with Gasteiger partial charge in [-0.3, -0.25) is 4.90 Å². The predicted octanol–water partition coefficient (Wildman–Crippen LogP) is 2.41. The Kier molecular flexibility index (Phi) is 4.54. The Morgan fingerprint density at radius 1 is 1.59 bits per heavy atom. The molecule has 2 rings (SSSR count). The molecular weight excluding hydrogens is 230 g/mol. The Morgan fingerprint density at radius 3 is 3.06 bits per heavy atom. The zero-order chi connectivity index (χ0) is 12.3. The summed E-state index contributed by atoms with van der Waals surface area (Å²) >= 11 is 1.82. The molecule has 3 nitrogen and oxygen atoms in total. The second-order valence-corrected chi connectivity index (χ2v) is 6.36. The topological polar surface area (TPSA) is 28.2 Å². The van der Waals surface area contributed by atoms with Crippen molar-refractivity contribution in [2.45, 2.75) is 52.2 Å². The monoisotopic (exact) mass is 253 g/mol. The molecule has 17 heavy (non-hydrogen) atoms. The van der Waals surface area contributed by atoms with Crippen molar-refractivity contribution in [1.29, 1.82) is 0 Å². The summed E-state index contributed by atoms with van der Waals surface area (Å²) in [6.45, 7) is 9.97. The molecule has 0 amide bonds. The number of rotatable bonds is 4. The van der Waals surface area contributed by atoms with Crippen LogP contribution in [0.15, 0.2) is 6.20 Å². The van der Waals surface area contributed by atoms with Crippen LogP contribution in [0.25, 0.3) is 0 Å². The van der Waals surface area contributed by atoms with E-state index in [4.69, 9.17) is 0 Å². The molecule has 1 saturated heterocycles. The van der Waals surface area contributed by atoms with Crippen molar-refractivity contribution in [2.75, 3.05) is 13.1 Å². The highest BCUT2D eigenvalue weighted by molar-refractivity contribution is 7.11. The Morgan fingerprint density at radius 2 is 2.41 bits per heavy atom. The summed E-state index contributed by atoms with van der Waals surface area (Å²) in [5.74, 6) is 0. The van der Waals surface area contributed by atoms with E-state index in [2.05, 4.69) is 36.0 Å². The Hall–Kier alpha value is -0.450. The molecule has 1 N–H and O–H groups in total. The fraction of sp³-hybridized carbons (Fsp3) is 0.769.